The number of aromatic nitrogens is 4. The number of rotatable bonds is 2. The van der Waals surface area contributed by atoms with Crippen molar-refractivity contribution < 1.29 is 0 Å². The molecule has 0 aliphatic rings. The highest BCUT2D eigenvalue weighted by atomic mass is 32.1. The molecule has 2 N–H and O–H groups in total. The summed E-state index contributed by atoms with van der Waals surface area (Å²) in [5.74, 6) is 0. The number of anilines is 1. The molecule has 0 aromatic carbocycles. The normalized spacial score (nSPS) is 10.5. The summed E-state index contributed by atoms with van der Waals surface area (Å²) in [5, 5.41) is 8.79. The second kappa shape index (κ2) is 3.14. The molecule has 0 aliphatic carbocycles. The minimum atomic E-state index is 0.593. The van der Waals surface area contributed by atoms with Crippen LogP contribution in [0, 0.1) is 6.92 Å². The summed E-state index contributed by atoms with van der Waals surface area (Å²) in [6, 6.07) is 1.94. The maximum absolute atomic E-state index is 5.65. The molecule has 0 radical (unpaired) electrons. The standard InChI is InChI=1S/C7H9N5S/c1-5-2-3-12(10-5)4-6-7(8)13-11-9-6/h2-3H,4,8H2,1H3. The van der Waals surface area contributed by atoms with Crippen molar-refractivity contribution in [1.82, 2.24) is 19.4 Å². The van der Waals surface area contributed by atoms with Gasteiger partial charge in [-0.1, -0.05) is 4.49 Å². The predicted octanol–water partition coefficient (Wildman–Crippen LogP) is 0.674. The molecular formula is C7H9N5S. The van der Waals surface area contributed by atoms with Gasteiger partial charge in [-0.15, -0.1) is 5.10 Å². The van der Waals surface area contributed by atoms with Crippen LogP contribution in [0.5, 0.6) is 0 Å². The van der Waals surface area contributed by atoms with Crippen molar-refractivity contribution in [2.24, 2.45) is 0 Å². The SMILES string of the molecule is Cc1ccn(Cc2nnsc2N)n1. The van der Waals surface area contributed by atoms with Crippen LogP contribution in [0.25, 0.3) is 0 Å². The summed E-state index contributed by atoms with van der Waals surface area (Å²) in [6.45, 7) is 2.54. The highest BCUT2D eigenvalue weighted by Crippen LogP contribution is 2.13. The lowest BCUT2D eigenvalue weighted by Gasteiger charge is -1.96. The fourth-order valence-electron chi connectivity index (χ4n) is 1.03. The summed E-state index contributed by atoms with van der Waals surface area (Å²) in [7, 11) is 0. The number of nitrogen functional groups attached to an aromatic ring is 1. The smallest absolute Gasteiger partial charge is 0.132 e. The Hall–Kier alpha value is -1.43. The fraction of sp³-hybridized carbons (Fsp3) is 0.286. The van der Waals surface area contributed by atoms with E-state index in [4.69, 9.17) is 5.73 Å². The summed E-state index contributed by atoms with van der Waals surface area (Å²) in [6.07, 6.45) is 1.90. The molecule has 2 heterocycles. The van der Waals surface area contributed by atoms with Gasteiger partial charge in [0.25, 0.3) is 0 Å². The Kier molecular flexibility index (Phi) is 1.97. The topological polar surface area (TPSA) is 69.6 Å². The van der Waals surface area contributed by atoms with Crippen LogP contribution in [-0.4, -0.2) is 19.4 Å². The summed E-state index contributed by atoms with van der Waals surface area (Å²) in [4.78, 5) is 0. The number of aryl methyl sites for hydroxylation is 1. The van der Waals surface area contributed by atoms with E-state index in [2.05, 4.69) is 14.7 Å². The average Bonchev–Trinajstić information content (AvgIpc) is 2.64. The number of nitrogens with two attached hydrogens (primary N) is 1. The maximum Gasteiger partial charge on any atom is 0.132 e. The Morgan fingerprint density at radius 3 is 3.00 bits per heavy atom. The molecule has 0 unspecified atom stereocenters. The maximum atomic E-state index is 5.65. The van der Waals surface area contributed by atoms with Crippen LogP contribution in [0.2, 0.25) is 0 Å². The van der Waals surface area contributed by atoms with Gasteiger partial charge in [0.2, 0.25) is 0 Å². The van der Waals surface area contributed by atoms with Gasteiger partial charge in [0.05, 0.1) is 12.2 Å². The van der Waals surface area contributed by atoms with Crippen LogP contribution in [0.4, 0.5) is 5.00 Å². The Labute approximate surface area is 79.4 Å². The van der Waals surface area contributed by atoms with Crippen molar-refractivity contribution in [2.75, 3.05) is 5.73 Å². The first-order valence-corrected chi connectivity index (χ1v) is 4.60. The number of hydrogen-bond donors (Lipinski definition) is 1. The zero-order valence-corrected chi connectivity index (χ0v) is 7.95. The summed E-state index contributed by atoms with van der Waals surface area (Å²) >= 11 is 1.21. The van der Waals surface area contributed by atoms with Gasteiger partial charge in [0, 0.05) is 17.7 Å². The van der Waals surface area contributed by atoms with Crippen molar-refractivity contribution in [2.45, 2.75) is 13.5 Å². The lowest BCUT2D eigenvalue weighted by Crippen LogP contribution is -2.03. The number of hydrogen-bond acceptors (Lipinski definition) is 5. The molecule has 0 bridgehead atoms. The van der Waals surface area contributed by atoms with Gasteiger partial charge in [-0.3, -0.25) is 4.68 Å². The first-order chi connectivity index (χ1) is 6.25. The lowest BCUT2D eigenvalue weighted by molar-refractivity contribution is 0.665. The largest absolute Gasteiger partial charge is 0.388 e. The fourth-order valence-corrected chi connectivity index (χ4v) is 1.47. The van der Waals surface area contributed by atoms with Gasteiger partial charge in [-0.25, -0.2) is 0 Å². The van der Waals surface area contributed by atoms with E-state index in [0.717, 1.165) is 11.4 Å². The van der Waals surface area contributed by atoms with Crippen molar-refractivity contribution in [3.8, 4) is 0 Å². The Balaban J connectivity index is 2.19. The van der Waals surface area contributed by atoms with Crippen molar-refractivity contribution >= 4 is 16.5 Å². The van der Waals surface area contributed by atoms with Crippen LogP contribution >= 0.6 is 11.5 Å². The van der Waals surface area contributed by atoms with E-state index >= 15 is 0 Å². The van der Waals surface area contributed by atoms with E-state index in [1.807, 2.05) is 19.2 Å². The third-order valence-electron chi connectivity index (χ3n) is 1.67. The van der Waals surface area contributed by atoms with Gasteiger partial charge >= 0.3 is 0 Å². The minimum absolute atomic E-state index is 0.593. The van der Waals surface area contributed by atoms with E-state index in [9.17, 15) is 0 Å². The highest BCUT2D eigenvalue weighted by Gasteiger charge is 2.04. The summed E-state index contributed by atoms with van der Waals surface area (Å²) in [5.41, 5.74) is 7.42. The van der Waals surface area contributed by atoms with Gasteiger partial charge in [0.15, 0.2) is 0 Å². The molecule has 2 aromatic heterocycles. The molecule has 0 fully saturated rings. The zero-order valence-electron chi connectivity index (χ0n) is 7.14. The quantitative estimate of drug-likeness (QED) is 0.764. The zero-order chi connectivity index (χ0) is 9.26. The Morgan fingerprint density at radius 2 is 2.46 bits per heavy atom. The molecule has 0 atom stereocenters. The summed E-state index contributed by atoms with van der Waals surface area (Å²) < 4.78 is 5.54. The van der Waals surface area contributed by atoms with E-state index in [-0.39, 0.29) is 0 Å². The van der Waals surface area contributed by atoms with Crippen LogP contribution in [-0.2, 0) is 6.54 Å². The molecule has 0 aliphatic heterocycles. The molecule has 13 heavy (non-hydrogen) atoms. The van der Waals surface area contributed by atoms with E-state index in [1.54, 1.807) is 4.68 Å². The molecule has 0 saturated heterocycles. The Morgan fingerprint density at radius 1 is 1.62 bits per heavy atom. The molecule has 0 saturated carbocycles. The lowest BCUT2D eigenvalue weighted by atomic mass is 10.4. The van der Waals surface area contributed by atoms with Crippen molar-refractivity contribution in [3.63, 3.8) is 0 Å². The molecule has 6 heteroatoms. The second-order valence-corrected chi connectivity index (χ2v) is 3.52. The van der Waals surface area contributed by atoms with Crippen molar-refractivity contribution in [1.29, 1.82) is 0 Å². The van der Waals surface area contributed by atoms with Gasteiger partial charge < -0.3 is 5.73 Å². The first-order valence-electron chi connectivity index (χ1n) is 3.82. The van der Waals surface area contributed by atoms with E-state index in [1.165, 1.54) is 11.5 Å². The van der Waals surface area contributed by atoms with Crippen LogP contribution in [0.15, 0.2) is 12.3 Å². The second-order valence-electron chi connectivity index (χ2n) is 2.74. The van der Waals surface area contributed by atoms with Gasteiger partial charge in [0.1, 0.15) is 10.7 Å². The predicted molar refractivity (Wildman–Crippen MR) is 50.4 cm³/mol. The molecule has 0 spiro atoms. The van der Waals surface area contributed by atoms with E-state index in [0.29, 0.717) is 11.5 Å². The molecule has 0 amide bonds. The van der Waals surface area contributed by atoms with Crippen molar-refractivity contribution in [3.05, 3.63) is 23.7 Å². The third kappa shape index (κ3) is 1.67. The van der Waals surface area contributed by atoms with Crippen LogP contribution in [0.1, 0.15) is 11.4 Å². The third-order valence-corrected chi connectivity index (χ3v) is 2.27. The van der Waals surface area contributed by atoms with Crippen LogP contribution in [0.3, 0.4) is 0 Å². The molecule has 2 rings (SSSR count). The monoisotopic (exact) mass is 195 g/mol. The Bertz CT molecular complexity index is 404. The molecule has 68 valence electrons. The minimum Gasteiger partial charge on any atom is -0.388 e. The molecule has 2 aromatic rings. The molecule has 5 nitrogen and oxygen atoms in total. The van der Waals surface area contributed by atoms with Gasteiger partial charge in [-0.2, -0.15) is 5.10 Å². The van der Waals surface area contributed by atoms with Gasteiger partial charge in [-0.05, 0) is 13.0 Å². The highest BCUT2D eigenvalue weighted by molar-refractivity contribution is 7.09. The first kappa shape index (κ1) is 8.18. The van der Waals surface area contributed by atoms with E-state index < -0.39 is 0 Å². The average molecular weight is 195 g/mol. The number of nitrogens with zero attached hydrogens (tertiary/aromatic N) is 4. The molecular weight excluding hydrogens is 186 g/mol. The van der Waals surface area contributed by atoms with Crippen LogP contribution < -0.4 is 5.73 Å².